The normalized spacial score (nSPS) is 15.9. The Labute approximate surface area is 191 Å². The van der Waals surface area contributed by atoms with Crippen LogP contribution in [0.3, 0.4) is 0 Å². The van der Waals surface area contributed by atoms with Gasteiger partial charge in [-0.1, -0.05) is 0 Å². The van der Waals surface area contributed by atoms with Crippen LogP contribution in [0.5, 0.6) is 5.75 Å². The predicted octanol–water partition coefficient (Wildman–Crippen LogP) is 2.14. The summed E-state index contributed by atoms with van der Waals surface area (Å²) in [7, 11) is 2.12. The van der Waals surface area contributed by atoms with Crippen LogP contribution in [0.2, 0.25) is 0 Å². The monoisotopic (exact) mass is 447 g/mol. The highest BCUT2D eigenvalue weighted by molar-refractivity contribution is 5.96. The lowest BCUT2D eigenvalue weighted by atomic mass is 10.2. The van der Waals surface area contributed by atoms with Crippen molar-refractivity contribution in [3.8, 4) is 5.75 Å². The Morgan fingerprint density at radius 3 is 2.70 bits per heavy atom. The topological polar surface area (TPSA) is 120 Å². The lowest BCUT2D eigenvalue weighted by Crippen LogP contribution is -2.44. The number of aromatic nitrogens is 4. The molecule has 2 aliphatic rings. The van der Waals surface area contributed by atoms with Gasteiger partial charge in [-0.15, -0.1) is 10.2 Å². The van der Waals surface area contributed by atoms with E-state index in [1.165, 1.54) is 0 Å². The number of carbonyl (C=O) groups excluding carboxylic acids is 1. The molecule has 3 N–H and O–H groups in total. The van der Waals surface area contributed by atoms with Crippen molar-refractivity contribution in [1.29, 1.82) is 0 Å². The zero-order chi connectivity index (χ0) is 22.8. The smallest absolute Gasteiger partial charge is 0.262 e. The van der Waals surface area contributed by atoms with Gasteiger partial charge in [-0.05, 0) is 44.3 Å². The molecule has 5 rings (SSSR count). The van der Waals surface area contributed by atoms with Crippen LogP contribution in [-0.4, -0.2) is 70.8 Å². The molecular formula is C22H25N9O2. The molecule has 11 heteroatoms. The summed E-state index contributed by atoms with van der Waals surface area (Å²) in [6.07, 6.45) is 1.73. The molecule has 1 fully saturated rings. The predicted molar refractivity (Wildman–Crippen MR) is 126 cm³/mol. The maximum absolute atomic E-state index is 11.6. The Kier molecular flexibility index (Phi) is 5.61. The molecule has 0 saturated carbocycles. The molecule has 4 heterocycles. The molecule has 0 bridgehead atoms. The average molecular weight is 448 g/mol. The lowest BCUT2D eigenvalue weighted by molar-refractivity contribution is -0.118. The van der Waals surface area contributed by atoms with Gasteiger partial charge < -0.3 is 30.5 Å². The van der Waals surface area contributed by atoms with Gasteiger partial charge in [0, 0.05) is 43.6 Å². The van der Waals surface area contributed by atoms with Crippen LogP contribution in [0.15, 0.2) is 36.5 Å². The Hall–Kier alpha value is -3.99. The highest BCUT2D eigenvalue weighted by Gasteiger charge is 2.17. The van der Waals surface area contributed by atoms with Crippen molar-refractivity contribution in [2.45, 2.75) is 6.92 Å². The molecule has 0 aliphatic carbocycles. The highest BCUT2D eigenvalue weighted by atomic mass is 16.5. The van der Waals surface area contributed by atoms with Crippen LogP contribution >= 0.6 is 0 Å². The number of piperazine rings is 1. The first-order chi connectivity index (χ1) is 16.0. The molecule has 0 atom stereocenters. The largest absolute Gasteiger partial charge is 0.482 e. The summed E-state index contributed by atoms with van der Waals surface area (Å²) in [4.78, 5) is 25.0. The van der Waals surface area contributed by atoms with Gasteiger partial charge in [0.05, 0.1) is 5.69 Å². The van der Waals surface area contributed by atoms with Crippen LogP contribution in [0.4, 0.5) is 34.8 Å². The Balaban J connectivity index is 1.28. The van der Waals surface area contributed by atoms with Crippen molar-refractivity contribution in [3.05, 3.63) is 42.1 Å². The number of nitrogens with one attached hydrogen (secondary N) is 3. The summed E-state index contributed by atoms with van der Waals surface area (Å²) in [6.45, 7) is 5.84. The first kappa shape index (κ1) is 20.9. The van der Waals surface area contributed by atoms with E-state index < -0.39 is 0 Å². The van der Waals surface area contributed by atoms with Crippen molar-refractivity contribution in [2.75, 3.05) is 60.7 Å². The molecule has 170 valence electrons. The number of ether oxygens (including phenoxy) is 1. The molecule has 0 unspecified atom stereocenters. The van der Waals surface area contributed by atoms with E-state index in [1.807, 2.05) is 37.3 Å². The van der Waals surface area contributed by atoms with Gasteiger partial charge in [-0.2, -0.15) is 4.98 Å². The Morgan fingerprint density at radius 2 is 1.91 bits per heavy atom. The summed E-state index contributed by atoms with van der Waals surface area (Å²) >= 11 is 0. The maximum Gasteiger partial charge on any atom is 0.262 e. The number of amides is 1. The van der Waals surface area contributed by atoms with Gasteiger partial charge in [-0.25, -0.2) is 4.98 Å². The van der Waals surface area contributed by atoms with Gasteiger partial charge in [0.1, 0.15) is 11.6 Å². The van der Waals surface area contributed by atoms with E-state index in [1.54, 1.807) is 6.20 Å². The summed E-state index contributed by atoms with van der Waals surface area (Å²) in [6, 6.07) is 9.32. The fourth-order valence-electron chi connectivity index (χ4n) is 3.64. The first-order valence-corrected chi connectivity index (χ1v) is 10.7. The Bertz CT molecular complexity index is 1160. The van der Waals surface area contributed by atoms with Crippen molar-refractivity contribution in [2.24, 2.45) is 0 Å². The number of hydrogen-bond acceptors (Lipinski definition) is 10. The van der Waals surface area contributed by atoms with E-state index in [-0.39, 0.29) is 12.5 Å². The molecule has 0 radical (unpaired) electrons. The average Bonchev–Trinajstić information content (AvgIpc) is 2.82. The minimum Gasteiger partial charge on any atom is -0.482 e. The third-order valence-electron chi connectivity index (χ3n) is 5.56. The lowest BCUT2D eigenvalue weighted by Gasteiger charge is -2.32. The van der Waals surface area contributed by atoms with Crippen LogP contribution in [0, 0.1) is 6.92 Å². The number of likely N-dealkylation sites (N-methyl/N-ethyl adjacent to an activating group) is 1. The summed E-state index contributed by atoms with van der Waals surface area (Å²) in [5, 5.41) is 17.8. The number of benzene rings is 1. The molecular weight excluding hydrogens is 422 g/mol. The fraction of sp³-hybridized carbons (Fsp3) is 0.318. The van der Waals surface area contributed by atoms with E-state index >= 15 is 0 Å². The van der Waals surface area contributed by atoms with Crippen LogP contribution in [0.25, 0.3) is 0 Å². The van der Waals surface area contributed by atoms with E-state index in [0.29, 0.717) is 29.0 Å². The standard InChI is InChI=1S/C22H25N9O2/c1-14-12-23-22(26-18-5-6-19(29-28-18)31-9-7-30(2)8-10-31)27-21(14)24-15-3-4-17-16(11-15)25-20(32)13-33-17/h3-6,11-12H,7-10,13H2,1-2H3,(H,25,32)(H2,23,24,26,27,28). The van der Waals surface area contributed by atoms with Gasteiger partial charge in [0.15, 0.2) is 18.2 Å². The SMILES string of the molecule is Cc1cnc(Nc2ccc(N3CCN(C)CC3)nn2)nc1Nc1ccc2c(c1)NC(=O)CO2. The number of anilines is 6. The van der Waals surface area contributed by atoms with E-state index in [0.717, 1.165) is 43.2 Å². The third kappa shape index (κ3) is 4.77. The van der Waals surface area contributed by atoms with Crippen molar-refractivity contribution < 1.29 is 9.53 Å². The molecule has 11 nitrogen and oxygen atoms in total. The molecule has 0 spiro atoms. The fourth-order valence-corrected chi connectivity index (χ4v) is 3.64. The van der Waals surface area contributed by atoms with Crippen molar-refractivity contribution >= 4 is 40.7 Å². The second kappa shape index (κ2) is 8.87. The zero-order valence-corrected chi connectivity index (χ0v) is 18.5. The van der Waals surface area contributed by atoms with Crippen molar-refractivity contribution in [3.63, 3.8) is 0 Å². The quantitative estimate of drug-likeness (QED) is 0.536. The molecule has 2 aromatic heterocycles. The number of rotatable bonds is 5. The van der Waals surface area contributed by atoms with Crippen LogP contribution in [-0.2, 0) is 4.79 Å². The van der Waals surface area contributed by atoms with E-state index in [2.05, 4.69) is 53.0 Å². The summed E-state index contributed by atoms with van der Waals surface area (Å²) < 4.78 is 5.41. The number of fused-ring (bicyclic) bond motifs is 1. The summed E-state index contributed by atoms with van der Waals surface area (Å²) in [5.74, 6) is 2.93. The second-order valence-corrected chi connectivity index (χ2v) is 8.09. The molecule has 1 amide bonds. The number of carbonyl (C=O) groups is 1. The molecule has 33 heavy (non-hydrogen) atoms. The second-order valence-electron chi connectivity index (χ2n) is 8.09. The van der Waals surface area contributed by atoms with Crippen molar-refractivity contribution in [1.82, 2.24) is 25.1 Å². The van der Waals surface area contributed by atoms with Gasteiger partial charge in [-0.3, -0.25) is 4.79 Å². The van der Waals surface area contributed by atoms with Gasteiger partial charge in [0.25, 0.3) is 5.91 Å². The van der Waals surface area contributed by atoms with Gasteiger partial charge in [0.2, 0.25) is 5.95 Å². The number of aryl methyl sites for hydroxylation is 1. The zero-order valence-electron chi connectivity index (χ0n) is 18.5. The van der Waals surface area contributed by atoms with E-state index in [4.69, 9.17) is 4.74 Å². The van der Waals surface area contributed by atoms with E-state index in [9.17, 15) is 4.79 Å². The molecule has 3 aromatic rings. The number of hydrogen-bond donors (Lipinski definition) is 3. The van der Waals surface area contributed by atoms with Gasteiger partial charge >= 0.3 is 0 Å². The Morgan fingerprint density at radius 1 is 1.06 bits per heavy atom. The number of nitrogens with zero attached hydrogens (tertiary/aromatic N) is 6. The summed E-state index contributed by atoms with van der Waals surface area (Å²) in [5.41, 5.74) is 2.26. The highest BCUT2D eigenvalue weighted by Crippen LogP contribution is 2.32. The molecule has 1 saturated heterocycles. The molecule has 2 aliphatic heterocycles. The minimum atomic E-state index is -0.177. The third-order valence-corrected chi connectivity index (χ3v) is 5.56. The maximum atomic E-state index is 11.6. The minimum absolute atomic E-state index is 0.0269. The van der Waals surface area contributed by atoms with Crippen LogP contribution in [0.1, 0.15) is 5.56 Å². The van der Waals surface area contributed by atoms with Crippen LogP contribution < -0.4 is 25.6 Å². The molecule has 1 aromatic carbocycles. The first-order valence-electron chi connectivity index (χ1n) is 10.7.